The van der Waals surface area contributed by atoms with Gasteiger partial charge in [-0.25, -0.2) is 4.79 Å². The van der Waals surface area contributed by atoms with Crippen LogP contribution in [0, 0.1) is 5.92 Å². The fourth-order valence-corrected chi connectivity index (χ4v) is 5.94. The number of hydrogen-bond donors (Lipinski definition) is 7. The van der Waals surface area contributed by atoms with Crippen molar-refractivity contribution in [2.24, 2.45) is 11.7 Å². The zero-order valence-electron chi connectivity index (χ0n) is 31.2. The second kappa shape index (κ2) is 22.6. The fraction of sp³-hybridized carbons (Fsp3) is 0.375. The summed E-state index contributed by atoms with van der Waals surface area (Å²) in [6, 6.07) is 19.8. The maximum atomic E-state index is 13.5. The Kier molecular flexibility index (Phi) is 18.0. The molecule has 14 nitrogen and oxygen atoms in total. The van der Waals surface area contributed by atoms with Gasteiger partial charge >= 0.3 is 5.97 Å². The number of amides is 5. The Labute approximate surface area is 325 Å². The van der Waals surface area contributed by atoms with E-state index in [0.717, 1.165) is 5.56 Å². The molecule has 0 fully saturated rings. The van der Waals surface area contributed by atoms with Gasteiger partial charge in [0, 0.05) is 24.0 Å². The molecule has 294 valence electrons. The Balaban J connectivity index is 1.56. The van der Waals surface area contributed by atoms with Crippen LogP contribution in [0.15, 0.2) is 84.9 Å². The van der Waals surface area contributed by atoms with Crippen LogP contribution in [0.4, 0.5) is 0 Å². The second-order valence-electron chi connectivity index (χ2n) is 13.4. The molecule has 55 heavy (non-hydrogen) atoms. The number of carbonyl (C=O) groups is 7. The summed E-state index contributed by atoms with van der Waals surface area (Å²) < 4.78 is 0. The highest BCUT2D eigenvalue weighted by Gasteiger charge is 2.29. The lowest BCUT2D eigenvalue weighted by Crippen LogP contribution is -2.57. The number of aliphatic carboxylic acids is 1. The van der Waals surface area contributed by atoms with E-state index >= 15 is 0 Å². The van der Waals surface area contributed by atoms with E-state index in [9.17, 15) is 38.7 Å². The number of carboxylic acid groups (broad SMARTS) is 1. The molecule has 0 bridgehead atoms. The molecular weight excluding hydrogens is 725 g/mol. The van der Waals surface area contributed by atoms with Crippen molar-refractivity contribution in [1.29, 1.82) is 0 Å². The molecule has 0 saturated heterocycles. The van der Waals surface area contributed by atoms with E-state index in [2.05, 4.69) is 26.6 Å². The predicted molar refractivity (Wildman–Crippen MR) is 210 cm³/mol. The van der Waals surface area contributed by atoms with Crippen molar-refractivity contribution in [2.45, 2.75) is 63.7 Å². The molecule has 15 heteroatoms. The standard InChI is InChI=1S/C40H50N6O8S/c1-25(2)20-31(45-37(50)30(41)18-19-55-3)39(52)46-32(21-26-10-6-4-7-11-26)38(51)43-23-34(47)42-24-35(48)44-33(40(53)54)22-27-14-16-29(17-15-27)36(49)28-12-8-5-9-13-28/h4-17,25,30-33H,18-24,41H2,1-3H3,(H,42,47)(H,43,51)(H,44,48)(H,45,50)(H,46,52)(H,53,54)/t30-,31-,32-,33-/m0/s1. The summed E-state index contributed by atoms with van der Waals surface area (Å²) in [5, 5.41) is 22.4. The van der Waals surface area contributed by atoms with E-state index in [1.54, 1.807) is 96.7 Å². The topological polar surface area (TPSA) is 226 Å². The monoisotopic (exact) mass is 774 g/mol. The number of hydrogen-bond acceptors (Lipinski definition) is 9. The van der Waals surface area contributed by atoms with Crippen LogP contribution in [0.3, 0.4) is 0 Å². The fourth-order valence-electron chi connectivity index (χ4n) is 5.45. The van der Waals surface area contributed by atoms with Gasteiger partial charge in [-0.3, -0.25) is 28.8 Å². The molecule has 3 rings (SSSR count). The smallest absolute Gasteiger partial charge is 0.326 e. The van der Waals surface area contributed by atoms with Crippen molar-refractivity contribution in [2.75, 3.05) is 25.1 Å². The van der Waals surface area contributed by atoms with Gasteiger partial charge in [-0.05, 0) is 41.9 Å². The lowest BCUT2D eigenvalue weighted by Gasteiger charge is -2.25. The van der Waals surface area contributed by atoms with E-state index in [4.69, 9.17) is 5.73 Å². The number of carboxylic acids is 1. The first-order valence-corrected chi connectivity index (χ1v) is 19.3. The molecule has 0 aliphatic heterocycles. The van der Waals surface area contributed by atoms with E-state index in [1.165, 1.54) is 0 Å². The highest BCUT2D eigenvalue weighted by atomic mass is 32.2. The van der Waals surface area contributed by atoms with Crippen LogP contribution in [0.25, 0.3) is 0 Å². The molecule has 5 amide bonds. The summed E-state index contributed by atoms with van der Waals surface area (Å²) in [7, 11) is 0. The van der Waals surface area contributed by atoms with E-state index in [1.807, 2.05) is 20.1 Å². The molecule has 3 aromatic carbocycles. The number of benzene rings is 3. The Morgan fingerprint density at radius 3 is 1.78 bits per heavy atom. The van der Waals surface area contributed by atoms with Gasteiger partial charge < -0.3 is 37.4 Å². The Morgan fingerprint density at radius 1 is 0.636 bits per heavy atom. The molecule has 0 heterocycles. The largest absolute Gasteiger partial charge is 0.480 e. The third-order valence-corrected chi connectivity index (χ3v) is 9.06. The molecule has 0 aliphatic carbocycles. The minimum absolute atomic E-state index is 0.0233. The molecule has 0 saturated carbocycles. The zero-order valence-corrected chi connectivity index (χ0v) is 32.0. The number of carbonyl (C=O) groups excluding carboxylic acids is 6. The molecule has 0 spiro atoms. The summed E-state index contributed by atoms with van der Waals surface area (Å²) >= 11 is 1.55. The Hall–Kier alpha value is -5.54. The van der Waals surface area contributed by atoms with Crippen molar-refractivity contribution in [3.05, 3.63) is 107 Å². The molecule has 8 N–H and O–H groups in total. The first-order valence-electron chi connectivity index (χ1n) is 17.9. The van der Waals surface area contributed by atoms with E-state index < -0.39 is 72.8 Å². The third kappa shape index (κ3) is 15.4. The van der Waals surface area contributed by atoms with Crippen LogP contribution in [0.1, 0.15) is 53.7 Å². The van der Waals surface area contributed by atoms with Crippen molar-refractivity contribution in [1.82, 2.24) is 26.6 Å². The molecular formula is C40H50N6O8S. The molecule has 3 aromatic rings. The first-order chi connectivity index (χ1) is 26.3. The van der Waals surface area contributed by atoms with Crippen LogP contribution < -0.4 is 32.3 Å². The van der Waals surface area contributed by atoms with Gasteiger partial charge in [0.05, 0.1) is 19.1 Å². The minimum atomic E-state index is -1.32. The number of nitrogens with one attached hydrogen (secondary N) is 5. The highest BCUT2D eigenvalue weighted by molar-refractivity contribution is 7.98. The van der Waals surface area contributed by atoms with Crippen molar-refractivity contribution in [3.8, 4) is 0 Å². The molecule has 0 radical (unpaired) electrons. The average Bonchev–Trinajstić information content (AvgIpc) is 3.17. The van der Waals surface area contributed by atoms with Crippen molar-refractivity contribution < 1.29 is 38.7 Å². The van der Waals surface area contributed by atoms with Gasteiger partial charge in [0.2, 0.25) is 29.5 Å². The van der Waals surface area contributed by atoms with Crippen LogP contribution in [0.2, 0.25) is 0 Å². The van der Waals surface area contributed by atoms with Gasteiger partial charge in [-0.1, -0.05) is 98.8 Å². The quantitative estimate of drug-likeness (QED) is 0.0730. The lowest BCUT2D eigenvalue weighted by molar-refractivity contribution is -0.141. The average molecular weight is 775 g/mol. The predicted octanol–water partition coefficient (Wildman–Crippen LogP) is 1.60. The molecule has 0 aliphatic rings. The van der Waals surface area contributed by atoms with Crippen LogP contribution >= 0.6 is 11.8 Å². The normalized spacial score (nSPS) is 13.0. The van der Waals surface area contributed by atoms with Gasteiger partial charge in [-0.15, -0.1) is 0 Å². The minimum Gasteiger partial charge on any atom is -0.480 e. The first kappa shape index (κ1) is 43.9. The van der Waals surface area contributed by atoms with Crippen LogP contribution in [-0.2, 0) is 41.6 Å². The number of rotatable bonds is 22. The zero-order chi connectivity index (χ0) is 40.3. The number of ketones is 1. The van der Waals surface area contributed by atoms with Crippen LogP contribution in [-0.4, -0.2) is 95.7 Å². The van der Waals surface area contributed by atoms with Gasteiger partial charge in [-0.2, -0.15) is 11.8 Å². The Morgan fingerprint density at radius 2 is 1.18 bits per heavy atom. The van der Waals surface area contributed by atoms with E-state index in [-0.39, 0.29) is 24.5 Å². The molecule has 4 atom stereocenters. The summed E-state index contributed by atoms with van der Waals surface area (Å²) in [6.07, 6.45) is 2.63. The lowest BCUT2D eigenvalue weighted by atomic mass is 9.99. The van der Waals surface area contributed by atoms with Gasteiger partial charge in [0.15, 0.2) is 5.78 Å². The number of nitrogens with two attached hydrogens (primary N) is 1. The number of thioether (sulfide) groups is 1. The SMILES string of the molecule is CSCC[C@H](N)C(=O)N[C@@H](CC(C)C)C(=O)N[C@@H](Cc1ccccc1)C(=O)NCC(=O)NCC(=O)N[C@@H](Cc1ccc(C(=O)c2ccccc2)cc1)C(=O)O. The maximum absolute atomic E-state index is 13.5. The van der Waals surface area contributed by atoms with Gasteiger partial charge in [0.1, 0.15) is 18.1 Å². The van der Waals surface area contributed by atoms with Crippen molar-refractivity contribution in [3.63, 3.8) is 0 Å². The summed E-state index contributed by atoms with van der Waals surface area (Å²) in [4.78, 5) is 89.5. The highest BCUT2D eigenvalue weighted by Crippen LogP contribution is 2.13. The van der Waals surface area contributed by atoms with Crippen molar-refractivity contribution >= 4 is 53.1 Å². The molecule has 0 aromatic heterocycles. The summed E-state index contributed by atoms with van der Waals surface area (Å²) in [5.74, 6) is -4.02. The Bertz CT molecular complexity index is 1760. The van der Waals surface area contributed by atoms with Gasteiger partial charge in [0.25, 0.3) is 0 Å². The maximum Gasteiger partial charge on any atom is 0.326 e. The van der Waals surface area contributed by atoms with E-state index in [0.29, 0.717) is 35.3 Å². The third-order valence-electron chi connectivity index (χ3n) is 8.42. The van der Waals surface area contributed by atoms with Crippen LogP contribution in [0.5, 0.6) is 0 Å². The molecule has 0 unspecified atom stereocenters. The summed E-state index contributed by atoms with van der Waals surface area (Å²) in [6.45, 7) is 2.68. The second-order valence-corrected chi connectivity index (χ2v) is 14.4. The summed E-state index contributed by atoms with van der Waals surface area (Å²) in [5.41, 5.74) is 8.26.